The van der Waals surface area contributed by atoms with Crippen LogP contribution in [0.2, 0.25) is 0 Å². The van der Waals surface area contributed by atoms with Crippen molar-refractivity contribution >= 4 is 39.2 Å². The summed E-state index contributed by atoms with van der Waals surface area (Å²) in [6, 6.07) is 13.6. The van der Waals surface area contributed by atoms with Crippen LogP contribution in [0.15, 0.2) is 52.4 Å². The highest BCUT2D eigenvalue weighted by Gasteiger charge is 2.12. The van der Waals surface area contributed by atoms with Gasteiger partial charge in [0.25, 0.3) is 5.91 Å². The molecule has 3 aromatic rings. The molecule has 1 aromatic heterocycles. The lowest BCUT2D eigenvalue weighted by molar-refractivity contribution is 0.0995. The molecule has 1 amide bonds. The van der Waals surface area contributed by atoms with E-state index >= 15 is 0 Å². The van der Waals surface area contributed by atoms with Crippen molar-refractivity contribution in [3.8, 4) is 5.75 Å². The predicted octanol–water partition coefficient (Wildman–Crippen LogP) is 4.58. The Labute approximate surface area is 155 Å². The Balaban J connectivity index is 2.10. The fourth-order valence-electron chi connectivity index (χ4n) is 2.64. The van der Waals surface area contributed by atoms with E-state index in [9.17, 15) is 4.79 Å². The molecule has 0 fully saturated rings. The topological polar surface area (TPSA) is 43.6 Å². The smallest absolute Gasteiger partial charge is 0.280 e. The highest BCUT2D eigenvalue weighted by molar-refractivity contribution is 7.99. The number of carbonyl (C=O) groups excluding carboxylic acids is 1. The van der Waals surface area contributed by atoms with E-state index < -0.39 is 0 Å². The monoisotopic (exact) mass is 372 g/mol. The minimum absolute atomic E-state index is 0.197. The number of aromatic nitrogens is 1. The molecule has 25 heavy (non-hydrogen) atoms. The second-order valence-corrected chi connectivity index (χ2v) is 7.62. The first kappa shape index (κ1) is 17.8. The van der Waals surface area contributed by atoms with Crippen LogP contribution in [-0.4, -0.2) is 23.3 Å². The lowest BCUT2D eigenvalue weighted by Crippen LogP contribution is -2.16. The number of nitrogens with zero attached hydrogens (tertiary/aromatic N) is 2. The molecule has 0 unspecified atom stereocenters. The van der Waals surface area contributed by atoms with Gasteiger partial charge in [0.1, 0.15) is 5.75 Å². The SMILES string of the molecule is CCSc1ccccc1C(=O)N=c1sc2cc(OC)ccc2n1CC. The number of amides is 1. The van der Waals surface area contributed by atoms with Crippen LogP contribution >= 0.6 is 23.1 Å². The number of hydrogen-bond acceptors (Lipinski definition) is 4. The van der Waals surface area contributed by atoms with Gasteiger partial charge in [0.15, 0.2) is 4.80 Å². The van der Waals surface area contributed by atoms with Gasteiger partial charge in [-0.25, -0.2) is 0 Å². The second-order valence-electron chi connectivity index (χ2n) is 5.31. The number of fused-ring (bicyclic) bond motifs is 1. The highest BCUT2D eigenvalue weighted by atomic mass is 32.2. The zero-order valence-corrected chi connectivity index (χ0v) is 16.1. The molecule has 0 saturated carbocycles. The highest BCUT2D eigenvalue weighted by Crippen LogP contribution is 2.24. The number of benzene rings is 2. The van der Waals surface area contributed by atoms with Crippen molar-refractivity contribution in [2.24, 2.45) is 4.99 Å². The van der Waals surface area contributed by atoms with Crippen LogP contribution < -0.4 is 9.54 Å². The number of hydrogen-bond donors (Lipinski definition) is 0. The van der Waals surface area contributed by atoms with Gasteiger partial charge < -0.3 is 9.30 Å². The van der Waals surface area contributed by atoms with E-state index in [2.05, 4.69) is 23.4 Å². The lowest BCUT2D eigenvalue weighted by Gasteiger charge is -2.04. The first-order chi connectivity index (χ1) is 12.2. The van der Waals surface area contributed by atoms with E-state index in [4.69, 9.17) is 4.74 Å². The summed E-state index contributed by atoms with van der Waals surface area (Å²) in [7, 11) is 1.65. The average Bonchev–Trinajstić information content (AvgIpc) is 2.98. The van der Waals surface area contributed by atoms with Gasteiger partial charge in [-0.2, -0.15) is 4.99 Å². The summed E-state index contributed by atoms with van der Waals surface area (Å²) in [4.78, 5) is 18.9. The van der Waals surface area contributed by atoms with E-state index in [0.717, 1.165) is 33.2 Å². The van der Waals surface area contributed by atoms with Crippen molar-refractivity contribution in [2.45, 2.75) is 25.3 Å². The Morgan fingerprint density at radius 2 is 2.04 bits per heavy atom. The van der Waals surface area contributed by atoms with Gasteiger partial charge in [-0.3, -0.25) is 4.79 Å². The quantitative estimate of drug-likeness (QED) is 0.616. The Morgan fingerprint density at radius 3 is 2.76 bits per heavy atom. The van der Waals surface area contributed by atoms with Gasteiger partial charge in [-0.1, -0.05) is 30.4 Å². The zero-order chi connectivity index (χ0) is 17.8. The normalized spacial score (nSPS) is 11.9. The number of rotatable bonds is 5. The van der Waals surface area contributed by atoms with Crippen molar-refractivity contribution in [3.05, 3.63) is 52.8 Å². The number of methoxy groups -OCH3 is 1. The maximum Gasteiger partial charge on any atom is 0.280 e. The molecule has 0 saturated heterocycles. The number of thioether (sulfide) groups is 1. The molecule has 0 bridgehead atoms. The predicted molar refractivity (Wildman–Crippen MR) is 105 cm³/mol. The van der Waals surface area contributed by atoms with Crippen LogP contribution in [-0.2, 0) is 6.54 Å². The van der Waals surface area contributed by atoms with Crippen LogP contribution in [0.5, 0.6) is 5.75 Å². The number of ether oxygens (including phenoxy) is 1. The maximum absolute atomic E-state index is 12.8. The third kappa shape index (κ3) is 3.65. The van der Waals surface area contributed by atoms with Gasteiger partial charge in [0, 0.05) is 11.4 Å². The van der Waals surface area contributed by atoms with Crippen LogP contribution in [0, 0.1) is 0 Å². The first-order valence-corrected chi connectivity index (χ1v) is 9.96. The van der Waals surface area contributed by atoms with Crippen LogP contribution in [0.4, 0.5) is 0 Å². The van der Waals surface area contributed by atoms with Crippen molar-refractivity contribution in [1.82, 2.24) is 4.57 Å². The summed E-state index contributed by atoms with van der Waals surface area (Å²) in [5, 5.41) is 0. The molecule has 6 heteroatoms. The summed E-state index contributed by atoms with van der Waals surface area (Å²) in [5.41, 5.74) is 1.73. The summed E-state index contributed by atoms with van der Waals surface area (Å²) in [6.45, 7) is 4.89. The molecule has 0 aliphatic rings. The summed E-state index contributed by atoms with van der Waals surface area (Å²) in [5.74, 6) is 1.53. The second kappa shape index (κ2) is 7.89. The van der Waals surface area contributed by atoms with Crippen LogP contribution in [0.3, 0.4) is 0 Å². The van der Waals surface area contributed by atoms with Crippen LogP contribution in [0.1, 0.15) is 24.2 Å². The molecule has 2 aromatic carbocycles. The fraction of sp³-hybridized carbons (Fsp3) is 0.263. The fourth-order valence-corrected chi connectivity index (χ4v) is 4.56. The average molecular weight is 373 g/mol. The molecule has 0 N–H and O–H groups in total. The minimum Gasteiger partial charge on any atom is -0.497 e. The zero-order valence-electron chi connectivity index (χ0n) is 14.5. The maximum atomic E-state index is 12.8. The summed E-state index contributed by atoms with van der Waals surface area (Å²) >= 11 is 3.17. The molecule has 3 rings (SSSR count). The Kier molecular flexibility index (Phi) is 5.60. The minimum atomic E-state index is -0.197. The Hall–Kier alpha value is -2.05. The van der Waals surface area contributed by atoms with Gasteiger partial charge in [-0.15, -0.1) is 11.8 Å². The molecule has 0 aliphatic heterocycles. The molecule has 4 nitrogen and oxygen atoms in total. The van der Waals surface area contributed by atoms with Crippen molar-refractivity contribution < 1.29 is 9.53 Å². The van der Waals surface area contributed by atoms with E-state index in [1.54, 1.807) is 18.9 Å². The Bertz CT molecular complexity index is 973. The standard InChI is InChI=1S/C19H20N2O2S2/c1-4-21-15-11-10-13(23-3)12-17(15)25-19(21)20-18(22)14-8-6-7-9-16(14)24-5-2/h6-12H,4-5H2,1-3H3. The number of thiazole rings is 1. The van der Waals surface area contributed by atoms with Crippen molar-refractivity contribution in [2.75, 3.05) is 12.9 Å². The summed E-state index contributed by atoms with van der Waals surface area (Å²) in [6.07, 6.45) is 0. The van der Waals surface area contributed by atoms with E-state index in [1.807, 2.05) is 42.5 Å². The molecular weight excluding hydrogens is 352 g/mol. The van der Waals surface area contributed by atoms with E-state index in [1.165, 1.54) is 11.3 Å². The van der Waals surface area contributed by atoms with Gasteiger partial charge in [0.2, 0.25) is 0 Å². The number of carbonyl (C=O) groups is 1. The lowest BCUT2D eigenvalue weighted by atomic mass is 10.2. The van der Waals surface area contributed by atoms with Gasteiger partial charge in [0.05, 0.1) is 22.9 Å². The van der Waals surface area contributed by atoms with Crippen molar-refractivity contribution in [1.29, 1.82) is 0 Å². The molecule has 0 aliphatic carbocycles. The molecule has 0 spiro atoms. The third-order valence-corrected chi connectivity index (χ3v) is 5.82. The van der Waals surface area contributed by atoms with Crippen LogP contribution in [0.25, 0.3) is 10.2 Å². The van der Waals surface area contributed by atoms with Crippen molar-refractivity contribution in [3.63, 3.8) is 0 Å². The summed E-state index contributed by atoms with van der Waals surface area (Å²) < 4.78 is 8.42. The van der Waals surface area contributed by atoms with E-state index in [0.29, 0.717) is 10.4 Å². The molecular formula is C19H20N2O2S2. The molecule has 130 valence electrons. The Morgan fingerprint density at radius 1 is 1.24 bits per heavy atom. The van der Waals surface area contributed by atoms with E-state index in [-0.39, 0.29) is 5.91 Å². The van der Waals surface area contributed by atoms with Gasteiger partial charge in [-0.05, 0) is 43.0 Å². The molecule has 0 radical (unpaired) electrons. The molecule has 0 atom stereocenters. The van der Waals surface area contributed by atoms with Gasteiger partial charge >= 0.3 is 0 Å². The first-order valence-electron chi connectivity index (χ1n) is 8.16. The third-order valence-electron chi connectivity index (χ3n) is 3.82. The largest absolute Gasteiger partial charge is 0.497 e. The number of aryl methyl sites for hydroxylation is 1. The molecule has 1 heterocycles.